The number of carbonyl (C=O) groups is 1. The Balaban J connectivity index is 1.80. The van der Waals surface area contributed by atoms with Crippen LogP contribution < -0.4 is 10.2 Å². The zero-order chi connectivity index (χ0) is 17.8. The molecule has 3 aromatic rings. The molecule has 0 unspecified atom stereocenters. The highest BCUT2D eigenvalue weighted by molar-refractivity contribution is 6.05. The van der Waals surface area contributed by atoms with Crippen molar-refractivity contribution in [3.63, 3.8) is 0 Å². The second kappa shape index (κ2) is 7.17. The monoisotopic (exact) mass is 336 g/mol. The molecule has 2 aromatic carbocycles. The molecule has 1 heterocycles. The Morgan fingerprint density at radius 3 is 2.68 bits per heavy atom. The summed E-state index contributed by atoms with van der Waals surface area (Å²) in [5, 5.41) is 6.87. The second-order valence-corrected chi connectivity index (χ2v) is 5.84. The fraction of sp³-hybridized carbons (Fsp3) is 0.211. The highest BCUT2D eigenvalue weighted by Gasteiger charge is 2.11. The maximum absolute atomic E-state index is 12.5. The highest BCUT2D eigenvalue weighted by atomic mass is 16.5. The molecule has 25 heavy (non-hydrogen) atoms. The van der Waals surface area contributed by atoms with E-state index >= 15 is 0 Å². The topological polar surface area (TPSA) is 71.3 Å². The molecule has 0 aliphatic carbocycles. The van der Waals surface area contributed by atoms with E-state index in [4.69, 9.17) is 4.52 Å². The molecule has 128 valence electrons. The summed E-state index contributed by atoms with van der Waals surface area (Å²) in [6.45, 7) is 1.95. The van der Waals surface area contributed by atoms with Crippen LogP contribution in [0.15, 0.2) is 53.1 Å². The van der Waals surface area contributed by atoms with Crippen molar-refractivity contribution in [3.05, 3.63) is 60.0 Å². The molecule has 0 atom stereocenters. The number of benzene rings is 2. The van der Waals surface area contributed by atoms with Gasteiger partial charge in [-0.25, -0.2) is 0 Å². The van der Waals surface area contributed by atoms with Gasteiger partial charge in [0.25, 0.3) is 5.91 Å². The Morgan fingerprint density at radius 1 is 1.16 bits per heavy atom. The van der Waals surface area contributed by atoms with Crippen molar-refractivity contribution in [2.45, 2.75) is 13.3 Å². The van der Waals surface area contributed by atoms with E-state index in [1.165, 1.54) is 0 Å². The molecule has 1 N–H and O–H groups in total. The standard InChI is InChI=1S/C19H20N4O2/c1-4-17-21-18(22-25-17)13-7-5-9-15(11-13)20-19(24)14-8-6-10-16(12-14)23(2)3/h5-12H,4H2,1-3H3,(H,20,24). The Kier molecular flexibility index (Phi) is 4.79. The molecule has 0 saturated carbocycles. The summed E-state index contributed by atoms with van der Waals surface area (Å²) in [5.41, 5.74) is 3.05. The van der Waals surface area contributed by atoms with Gasteiger partial charge in [-0.3, -0.25) is 4.79 Å². The van der Waals surface area contributed by atoms with Crippen molar-refractivity contribution >= 4 is 17.3 Å². The van der Waals surface area contributed by atoms with E-state index in [2.05, 4.69) is 15.5 Å². The van der Waals surface area contributed by atoms with Gasteiger partial charge in [-0.05, 0) is 30.3 Å². The van der Waals surface area contributed by atoms with Gasteiger partial charge in [0, 0.05) is 43.0 Å². The van der Waals surface area contributed by atoms with Crippen molar-refractivity contribution in [1.29, 1.82) is 0 Å². The number of rotatable bonds is 5. The van der Waals surface area contributed by atoms with Gasteiger partial charge in [0.15, 0.2) is 0 Å². The van der Waals surface area contributed by atoms with Gasteiger partial charge in [-0.1, -0.05) is 30.3 Å². The largest absolute Gasteiger partial charge is 0.378 e. The van der Waals surface area contributed by atoms with Crippen molar-refractivity contribution < 1.29 is 9.32 Å². The van der Waals surface area contributed by atoms with E-state index in [1.54, 1.807) is 6.07 Å². The number of anilines is 2. The van der Waals surface area contributed by atoms with Crippen molar-refractivity contribution in [1.82, 2.24) is 10.1 Å². The Bertz CT molecular complexity index is 886. The number of amides is 1. The van der Waals surface area contributed by atoms with Crippen LogP contribution in [0.1, 0.15) is 23.2 Å². The lowest BCUT2D eigenvalue weighted by Crippen LogP contribution is -2.14. The first-order valence-corrected chi connectivity index (χ1v) is 8.08. The van der Waals surface area contributed by atoms with Crippen LogP contribution in [-0.4, -0.2) is 30.1 Å². The summed E-state index contributed by atoms with van der Waals surface area (Å²) in [7, 11) is 3.88. The number of nitrogens with zero attached hydrogens (tertiary/aromatic N) is 3. The van der Waals surface area contributed by atoms with Crippen LogP contribution in [0.2, 0.25) is 0 Å². The first-order valence-electron chi connectivity index (χ1n) is 8.08. The number of aromatic nitrogens is 2. The molecule has 0 fully saturated rings. The summed E-state index contributed by atoms with van der Waals surface area (Å²) in [6, 6.07) is 14.9. The van der Waals surface area contributed by atoms with Crippen molar-refractivity contribution in [3.8, 4) is 11.4 Å². The molecule has 1 amide bonds. The van der Waals surface area contributed by atoms with Gasteiger partial charge in [0.05, 0.1) is 0 Å². The van der Waals surface area contributed by atoms with Crippen LogP contribution in [-0.2, 0) is 6.42 Å². The number of nitrogens with one attached hydrogen (secondary N) is 1. The van der Waals surface area contributed by atoms with Gasteiger partial charge in [-0.15, -0.1) is 0 Å². The lowest BCUT2D eigenvalue weighted by atomic mass is 10.1. The van der Waals surface area contributed by atoms with E-state index in [0.717, 1.165) is 11.3 Å². The molecule has 0 spiro atoms. The van der Waals surface area contributed by atoms with Gasteiger partial charge in [0.1, 0.15) is 0 Å². The quantitative estimate of drug-likeness (QED) is 0.770. The molecular formula is C19H20N4O2. The fourth-order valence-electron chi connectivity index (χ4n) is 2.38. The van der Waals surface area contributed by atoms with E-state index in [0.29, 0.717) is 29.4 Å². The Hall–Kier alpha value is -3.15. The fourth-order valence-corrected chi connectivity index (χ4v) is 2.38. The lowest BCUT2D eigenvalue weighted by molar-refractivity contribution is 0.102. The molecular weight excluding hydrogens is 316 g/mol. The molecule has 6 heteroatoms. The van der Waals surface area contributed by atoms with Crippen LogP contribution in [0.4, 0.5) is 11.4 Å². The van der Waals surface area contributed by atoms with Crippen LogP contribution in [0.25, 0.3) is 11.4 Å². The van der Waals surface area contributed by atoms with Crippen LogP contribution in [0.5, 0.6) is 0 Å². The zero-order valence-electron chi connectivity index (χ0n) is 14.5. The van der Waals surface area contributed by atoms with E-state index in [9.17, 15) is 4.79 Å². The minimum Gasteiger partial charge on any atom is -0.378 e. The summed E-state index contributed by atoms with van der Waals surface area (Å²) >= 11 is 0. The molecule has 3 rings (SSSR count). The smallest absolute Gasteiger partial charge is 0.255 e. The Morgan fingerprint density at radius 2 is 1.96 bits per heavy atom. The summed E-state index contributed by atoms with van der Waals surface area (Å²) < 4.78 is 5.14. The van der Waals surface area contributed by atoms with Crippen LogP contribution >= 0.6 is 0 Å². The molecule has 1 aromatic heterocycles. The minimum atomic E-state index is -0.164. The van der Waals surface area contributed by atoms with Gasteiger partial charge in [-0.2, -0.15) is 4.98 Å². The third kappa shape index (κ3) is 3.85. The van der Waals surface area contributed by atoms with Crippen molar-refractivity contribution in [2.75, 3.05) is 24.3 Å². The minimum absolute atomic E-state index is 0.164. The number of aryl methyl sites for hydroxylation is 1. The molecule has 0 aliphatic heterocycles. The molecule has 0 radical (unpaired) electrons. The maximum Gasteiger partial charge on any atom is 0.255 e. The first kappa shape index (κ1) is 16.7. The third-order valence-corrected chi connectivity index (χ3v) is 3.77. The van der Waals surface area contributed by atoms with Crippen LogP contribution in [0, 0.1) is 0 Å². The second-order valence-electron chi connectivity index (χ2n) is 5.84. The normalized spacial score (nSPS) is 10.5. The lowest BCUT2D eigenvalue weighted by Gasteiger charge is -2.13. The zero-order valence-corrected chi connectivity index (χ0v) is 14.5. The van der Waals surface area contributed by atoms with Gasteiger partial charge < -0.3 is 14.7 Å². The van der Waals surface area contributed by atoms with E-state index in [1.807, 2.05) is 68.4 Å². The average molecular weight is 336 g/mol. The van der Waals surface area contributed by atoms with Crippen LogP contribution in [0.3, 0.4) is 0 Å². The predicted octanol–water partition coefficient (Wildman–Crippen LogP) is 3.62. The number of carbonyl (C=O) groups excluding carboxylic acids is 1. The summed E-state index contributed by atoms with van der Waals surface area (Å²) in [4.78, 5) is 18.8. The van der Waals surface area contributed by atoms with E-state index < -0.39 is 0 Å². The Labute approximate surface area is 146 Å². The van der Waals surface area contributed by atoms with Gasteiger partial charge >= 0.3 is 0 Å². The molecule has 0 saturated heterocycles. The van der Waals surface area contributed by atoms with Gasteiger partial charge in [0.2, 0.25) is 11.7 Å². The third-order valence-electron chi connectivity index (χ3n) is 3.77. The van der Waals surface area contributed by atoms with Crippen molar-refractivity contribution in [2.24, 2.45) is 0 Å². The first-order chi connectivity index (χ1) is 12.1. The number of hydrogen-bond acceptors (Lipinski definition) is 5. The SMILES string of the molecule is CCc1nc(-c2cccc(NC(=O)c3cccc(N(C)C)c3)c2)no1. The predicted molar refractivity (Wildman–Crippen MR) is 97.8 cm³/mol. The molecule has 0 aliphatic rings. The number of hydrogen-bond donors (Lipinski definition) is 1. The maximum atomic E-state index is 12.5. The summed E-state index contributed by atoms with van der Waals surface area (Å²) in [6.07, 6.45) is 0.686. The summed E-state index contributed by atoms with van der Waals surface area (Å²) in [5.74, 6) is 0.940. The molecule has 6 nitrogen and oxygen atoms in total. The average Bonchev–Trinajstić information content (AvgIpc) is 3.11. The molecule has 0 bridgehead atoms. The van der Waals surface area contributed by atoms with E-state index in [-0.39, 0.29) is 5.91 Å². The highest BCUT2D eigenvalue weighted by Crippen LogP contribution is 2.21.